The molecule has 0 heterocycles. The highest BCUT2D eigenvalue weighted by Gasteiger charge is 2.51. The zero-order valence-electron chi connectivity index (χ0n) is 37.1. The number of hydrogen-bond donors (Lipinski definition) is 0. The van der Waals surface area contributed by atoms with E-state index in [1.54, 1.807) is 0 Å². The molecule has 0 bridgehead atoms. The Morgan fingerprint density at radius 2 is 0.559 bits per heavy atom. The van der Waals surface area contributed by atoms with E-state index >= 15 is 0 Å². The number of hydrogen-bond acceptors (Lipinski definition) is 1. The Morgan fingerprint density at radius 3 is 1.07 bits per heavy atom. The van der Waals surface area contributed by atoms with Crippen molar-refractivity contribution in [3.8, 4) is 33.4 Å². The van der Waals surface area contributed by atoms with Crippen LogP contribution in [-0.2, 0) is 5.41 Å². The molecule has 1 nitrogen and oxygen atoms in total. The van der Waals surface area contributed by atoms with Gasteiger partial charge in [0, 0.05) is 17.1 Å². The molecule has 0 aromatic heterocycles. The molecule has 0 saturated carbocycles. The van der Waals surface area contributed by atoms with E-state index in [1.165, 1.54) is 120 Å². The topological polar surface area (TPSA) is 3.24 Å². The third-order valence-electron chi connectivity index (χ3n) is 15.4. The van der Waals surface area contributed by atoms with Gasteiger partial charge < -0.3 is 4.90 Å². The van der Waals surface area contributed by atoms with Crippen LogP contribution in [0, 0.1) is 0 Å². The second-order valence-corrected chi connectivity index (χ2v) is 18.7. The maximum absolute atomic E-state index is 2.51. The standard InChI is InChI=1S/C67H41N/c1-3-22-51-47(18-1)49-20-5-7-24-53(49)61-39-43(32-35-55(51)61)42-16-15-17-44(38-42)68(45-33-36-56-52-23-4-2-19-48(52)50-21-6-8-25-54(50)62(56)40-45)46-34-37-60-59-28-11-14-31-65(59)67(66(60)41-46)63-29-12-9-26-57(63)58-27-10-13-30-64(58)67/h1-41H. The molecule has 0 atom stereocenters. The van der Waals surface area contributed by atoms with E-state index in [0.29, 0.717) is 0 Å². The van der Waals surface area contributed by atoms with Gasteiger partial charge in [0.15, 0.2) is 0 Å². The Morgan fingerprint density at radius 1 is 0.206 bits per heavy atom. The predicted octanol–water partition coefficient (Wildman–Crippen LogP) is 18.1. The van der Waals surface area contributed by atoms with Gasteiger partial charge in [-0.15, -0.1) is 0 Å². The minimum Gasteiger partial charge on any atom is -0.310 e. The Bertz CT molecular complexity index is 4150. The Hall–Kier alpha value is -8.78. The maximum atomic E-state index is 2.51. The molecule has 0 amide bonds. The van der Waals surface area contributed by atoms with Crippen molar-refractivity contribution < 1.29 is 0 Å². The van der Waals surface area contributed by atoms with Gasteiger partial charge >= 0.3 is 0 Å². The summed E-state index contributed by atoms with van der Waals surface area (Å²) in [5, 5.41) is 15.3. The van der Waals surface area contributed by atoms with Gasteiger partial charge in [-0.25, -0.2) is 0 Å². The molecule has 13 aromatic rings. The molecule has 13 aromatic carbocycles. The van der Waals surface area contributed by atoms with Crippen LogP contribution in [0.25, 0.3) is 98.0 Å². The van der Waals surface area contributed by atoms with Gasteiger partial charge in [-0.2, -0.15) is 0 Å². The van der Waals surface area contributed by atoms with Crippen LogP contribution in [0.5, 0.6) is 0 Å². The number of fused-ring (bicyclic) bond motifs is 22. The first kappa shape index (κ1) is 37.4. The molecule has 15 rings (SSSR count). The third-order valence-corrected chi connectivity index (χ3v) is 15.4. The van der Waals surface area contributed by atoms with Crippen molar-refractivity contribution >= 4 is 81.7 Å². The lowest BCUT2D eigenvalue weighted by molar-refractivity contribution is 0.793. The summed E-state index contributed by atoms with van der Waals surface area (Å²) in [7, 11) is 0. The smallest absolute Gasteiger partial charge is 0.0726 e. The fourth-order valence-electron chi connectivity index (χ4n) is 12.6. The van der Waals surface area contributed by atoms with Gasteiger partial charge in [-0.1, -0.05) is 206 Å². The van der Waals surface area contributed by atoms with Crippen LogP contribution >= 0.6 is 0 Å². The zero-order chi connectivity index (χ0) is 44.5. The summed E-state index contributed by atoms with van der Waals surface area (Å²) in [6, 6.07) is 93.3. The maximum Gasteiger partial charge on any atom is 0.0726 e. The molecule has 1 spiro atoms. The van der Waals surface area contributed by atoms with E-state index in [9.17, 15) is 0 Å². The second kappa shape index (κ2) is 14.1. The lowest BCUT2D eigenvalue weighted by atomic mass is 9.70. The molecule has 68 heavy (non-hydrogen) atoms. The highest BCUT2D eigenvalue weighted by atomic mass is 15.1. The Kier molecular flexibility index (Phi) is 7.77. The zero-order valence-corrected chi connectivity index (χ0v) is 37.1. The highest BCUT2D eigenvalue weighted by Crippen LogP contribution is 2.63. The van der Waals surface area contributed by atoms with Crippen molar-refractivity contribution in [1.29, 1.82) is 0 Å². The molecule has 0 radical (unpaired) electrons. The first-order valence-corrected chi connectivity index (χ1v) is 23.7. The summed E-state index contributed by atoms with van der Waals surface area (Å²) >= 11 is 0. The van der Waals surface area contributed by atoms with Crippen molar-refractivity contribution in [1.82, 2.24) is 0 Å². The Labute approximate surface area is 394 Å². The summed E-state index contributed by atoms with van der Waals surface area (Å²) in [6.07, 6.45) is 0. The molecular weight excluding hydrogens is 819 g/mol. The van der Waals surface area contributed by atoms with E-state index in [-0.39, 0.29) is 0 Å². The average Bonchev–Trinajstić information content (AvgIpc) is 3.88. The number of anilines is 3. The van der Waals surface area contributed by atoms with Crippen molar-refractivity contribution in [3.05, 3.63) is 271 Å². The second-order valence-electron chi connectivity index (χ2n) is 18.7. The average molecular weight is 860 g/mol. The monoisotopic (exact) mass is 859 g/mol. The van der Waals surface area contributed by atoms with Crippen molar-refractivity contribution in [2.45, 2.75) is 5.41 Å². The summed E-state index contributed by atoms with van der Waals surface area (Å²) in [5.41, 5.74) is 15.8. The van der Waals surface area contributed by atoms with Gasteiger partial charge in [0.05, 0.1) is 5.41 Å². The van der Waals surface area contributed by atoms with E-state index in [1.807, 2.05) is 0 Å². The molecule has 0 saturated heterocycles. The predicted molar refractivity (Wildman–Crippen MR) is 288 cm³/mol. The largest absolute Gasteiger partial charge is 0.310 e. The van der Waals surface area contributed by atoms with Crippen LogP contribution in [0.15, 0.2) is 249 Å². The lowest BCUT2D eigenvalue weighted by Crippen LogP contribution is -2.26. The number of nitrogens with zero attached hydrogens (tertiary/aromatic N) is 1. The van der Waals surface area contributed by atoms with Gasteiger partial charge in [0.2, 0.25) is 0 Å². The molecule has 314 valence electrons. The quantitative estimate of drug-likeness (QED) is 0.159. The number of benzene rings is 13. The third kappa shape index (κ3) is 5.05. The molecule has 0 aliphatic heterocycles. The summed E-state index contributed by atoms with van der Waals surface area (Å²) in [6.45, 7) is 0. The first-order valence-electron chi connectivity index (χ1n) is 23.7. The van der Waals surface area contributed by atoms with Crippen molar-refractivity contribution in [3.63, 3.8) is 0 Å². The van der Waals surface area contributed by atoms with Gasteiger partial charge in [0.25, 0.3) is 0 Å². The summed E-state index contributed by atoms with van der Waals surface area (Å²) in [5.74, 6) is 0. The van der Waals surface area contributed by atoms with Crippen LogP contribution in [-0.4, -0.2) is 0 Å². The minimum atomic E-state index is -0.459. The SMILES string of the molecule is c1cc(-c2ccc3c4ccccc4c4ccccc4c3c2)cc(N(c2ccc3c(c2)C2(c4ccccc4-c4ccccc42)c2ccccc2-3)c2ccc3c4ccccc4c4ccccc4c3c2)c1. The lowest BCUT2D eigenvalue weighted by Gasteiger charge is -2.32. The van der Waals surface area contributed by atoms with E-state index in [2.05, 4.69) is 254 Å². The van der Waals surface area contributed by atoms with Crippen LogP contribution in [0.3, 0.4) is 0 Å². The molecule has 0 fully saturated rings. The fourth-order valence-corrected chi connectivity index (χ4v) is 12.6. The normalized spacial score (nSPS) is 13.1. The summed E-state index contributed by atoms with van der Waals surface area (Å²) in [4.78, 5) is 2.50. The van der Waals surface area contributed by atoms with Gasteiger partial charge in [-0.3, -0.25) is 0 Å². The molecular formula is C67H41N. The van der Waals surface area contributed by atoms with Gasteiger partial charge in [-0.05, 0) is 163 Å². The van der Waals surface area contributed by atoms with E-state index in [4.69, 9.17) is 0 Å². The first-order chi connectivity index (χ1) is 33.7. The molecule has 2 aliphatic rings. The highest BCUT2D eigenvalue weighted by molar-refractivity contribution is 6.27. The van der Waals surface area contributed by atoms with E-state index in [0.717, 1.165) is 17.1 Å². The van der Waals surface area contributed by atoms with Crippen LogP contribution in [0.1, 0.15) is 22.3 Å². The summed E-state index contributed by atoms with van der Waals surface area (Å²) < 4.78 is 0. The molecule has 2 aliphatic carbocycles. The molecule has 0 N–H and O–H groups in total. The van der Waals surface area contributed by atoms with Crippen LogP contribution in [0.2, 0.25) is 0 Å². The van der Waals surface area contributed by atoms with Gasteiger partial charge in [0.1, 0.15) is 0 Å². The van der Waals surface area contributed by atoms with Crippen LogP contribution < -0.4 is 4.90 Å². The number of rotatable bonds is 4. The minimum absolute atomic E-state index is 0.459. The fraction of sp³-hybridized carbons (Fsp3) is 0.0149. The Balaban J connectivity index is 0.987. The van der Waals surface area contributed by atoms with Crippen molar-refractivity contribution in [2.75, 3.05) is 4.90 Å². The van der Waals surface area contributed by atoms with Crippen LogP contribution in [0.4, 0.5) is 17.1 Å². The molecule has 1 heteroatoms. The van der Waals surface area contributed by atoms with Crippen molar-refractivity contribution in [2.24, 2.45) is 0 Å². The molecule has 0 unspecified atom stereocenters. The van der Waals surface area contributed by atoms with E-state index < -0.39 is 5.41 Å².